The fraction of sp³-hybridized carbons (Fsp3) is 0.217. The van der Waals surface area contributed by atoms with E-state index in [4.69, 9.17) is 9.47 Å². The molecule has 436 valence electrons. The van der Waals surface area contributed by atoms with E-state index in [1.54, 1.807) is 6.92 Å². The number of benzene rings is 5. The van der Waals surface area contributed by atoms with Crippen LogP contribution in [-0.4, -0.2) is 121 Å². The molecule has 0 aliphatic carbocycles. The van der Waals surface area contributed by atoms with E-state index >= 15 is 0 Å². The molecule has 3 aromatic heterocycles. The van der Waals surface area contributed by atoms with Gasteiger partial charge in [-0.2, -0.15) is 52.5 Å². The maximum atomic E-state index is 12.5. The van der Waals surface area contributed by atoms with Crippen molar-refractivity contribution in [2.45, 2.75) is 53.2 Å². The van der Waals surface area contributed by atoms with Gasteiger partial charge in [-0.15, -0.1) is 37.3 Å². The Kier molecular flexibility index (Phi) is 17.4. The van der Waals surface area contributed by atoms with Gasteiger partial charge in [-0.05, 0) is 85.9 Å². The number of methoxy groups -OCH3 is 1. The van der Waals surface area contributed by atoms with Crippen LogP contribution in [0, 0.1) is 25.2 Å². The van der Waals surface area contributed by atoms with Crippen LogP contribution < -0.4 is 14.8 Å². The third-order valence-corrected chi connectivity index (χ3v) is 18.0. The Morgan fingerprint density at radius 1 is 0.735 bits per heavy atom. The summed E-state index contributed by atoms with van der Waals surface area (Å²) in [5.74, 6) is -2.66. The van der Waals surface area contributed by atoms with E-state index in [1.807, 2.05) is 6.07 Å². The van der Waals surface area contributed by atoms with Gasteiger partial charge in [-0.25, -0.2) is 9.97 Å². The topological polar surface area (TPSA) is 468 Å². The van der Waals surface area contributed by atoms with Crippen LogP contribution in [0.3, 0.4) is 0 Å². The smallest absolute Gasteiger partial charge is 0.296 e. The molecular weight excluding hydrogens is 1240 g/mol. The second-order valence-electron chi connectivity index (χ2n) is 17.6. The molecule has 0 atom stereocenters. The number of imidazole rings is 1. The number of aryl methyl sites for hydroxylation is 1. The number of amides is 1. The molecule has 0 unspecified atom stereocenters. The number of pyridine rings is 1. The van der Waals surface area contributed by atoms with Gasteiger partial charge in [-0.3, -0.25) is 32.0 Å². The highest BCUT2D eigenvalue weighted by atomic mass is 32.2. The van der Waals surface area contributed by atoms with Crippen LogP contribution in [0.1, 0.15) is 36.5 Å². The highest BCUT2D eigenvalue weighted by Crippen LogP contribution is 2.46. The number of hydrogen-bond donors (Lipinski definition) is 7. The van der Waals surface area contributed by atoms with Crippen molar-refractivity contribution in [2.24, 2.45) is 30.7 Å². The summed E-state index contributed by atoms with van der Waals surface area (Å²) in [5.41, 5.74) is -1.26. The van der Waals surface area contributed by atoms with Crippen LogP contribution in [-0.2, 0) is 55.4 Å². The first-order valence-electron chi connectivity index (χ1n) is 23.2. The van der Waals surface area contributed by atoms with Crippen LogP contribution in [0.15, 0.2) is 111 Å². The van der Waals surface area contributed by atoms with Gasteiger partial charge in [0.2, 0.25) is 16.9 Å². The molecule has 0 saturated heterocycles. The third kappa shape index (κ3) is 14.0. The zero-order chi connectivity index (χ0) is 60.7. The van der Waals surface area contributed by atoms with E-state index in [2.05, 4.69) is 46.0 Å². The average Bonchev–Trinajstić information content (AvgIpc) is 2.92. The van der Waals surface area contributed by atoms with Gasteiger partial charge in [0.1, 0.15) is 61.0 Å². The Morgan fingerprint density at radius 3 is 2.00 bits per heavy atom. The Labute approximate surface area is 478 Å². The van der Waals surface area contributed by atoms with Crippen molar-refractivity contribution in [3.8, 4) is 23.4 Å². The molecule has 7 N–H and O–H groups in total. The van der Waals surface area contributed by atoms with E-state index in [9.17, 15) is 80.0 Å². The summed E-state index contributed by atoms with van der Waals surface area (Å²) in [6.45, 7) is 3.76. The summed E-state index contributed by atoms with van der Waals surface area (Å²) in [5, 5.41) is 50.5. The molecule has 5 aromatic carbocycles. The normalized spacial score (nSPS) is 12.9. The Hall–Kier alpha value is -7.74. The molecule has 0 bridgehead atoms. The van der Waals surface area contributed by atoms with Crippen LogP contribution in [0.4, 0.5) is 39.3 Å². The van der Waals surface area contributed by atoms with Crippen molar-refractivity contribution in [1.29, 1.82) is 5.26 Å². The number of nitrogens with zero attached hydrogens (tertiary/aromatic N) is 10. The summed E-state index contributed by atoms with van der Waals surface area (Å²) in [6.07, 6.45) is -0.278. The summed E-state index contributed by atoms with van der Waals surface area (Å²) >= 11 is 1.87. The monoisotopic (exact) mass is 1280 g/mol. The molecule has 0 aliphatic rings. The molecule has 3 heterocycles. The lowest BCUT2D eigenvalue weighted by Gasteiger charge is -2.12. The second kappa shape index (κ2) is 23.5. The largest absolute Gasteiger partial charge is 0.494 e. The van der Waals surface area contributed by atoms with Crippen molar-refractivity contribution < 1.29 is 84.2 Å². The molecule has 30 nitrogen and oxygen atoms in total. The zero-order valence-electron chi connectivity index (χ0n) is 42.8. The van der Waals surface area contributed by atoms with Gasteiger partial charge in [0.25, 0.3) is 50.6 Å². The number of hydrogen-bond acceptors (Lipinski definition) is 25. The highest BCUT2D eigenvalue weighted by molar-refractivity contribution is 7.99. The summed E-state index contributed by atoms with van der Waals surface area (Å²) < 4.78 is 181. The Balaban J connectivity index is 1.20. The fourth-order valence-corrected chi connectivity index (χ4v) is 13.0. The van der Waals surface area contributed by atoms with Crippen LogP contribution in [0.2, 0.25) is 0 Å². The first-order valence-corrected chi connectivity index (χ1v) is 32.6. The maximum Gasteiger partial charge on any atom is 0.296 e. The molecular formula is C46H41N11O19S7. The number of nitriles is 1. The minimum atomic E-state index is -5.01. The zero-order valence-corrected chi connectivity index (χ0v) is 48.6. The van der Waals surface area contributed by atoms with E-state index in [1.165, 1.54) is 50.4 Å². The highest BCUT2D eigenvalue weighted by Gasteiger charge is 2.27. The van der Waals surface area contributed by atoms with Gasteiger partial charge in [0.05, 0.1) is 46.0 Å². The number of carbonyl (C=O) groups excluding carboxylic acids is 1. The molecule has 8 rings (SSSR count). The lowest BCUT2D eigenvalue weighted by molar-refractivity contribution is -0.114. The van der Waals surface area contributed by atoms with Crippen molar-refractivity contribution in [1.82, 2.24) is 14.4 Å². The molecule has 8 aromatic rings. The first-order chi connectivity index (χ1) is 38.7. The minimum Gasteiger partial charge on any atom is -0.494 e. The summed E-state index contributed by atoms with van der Waals surface area (Å²) in [6, 6.07) is 14.0. The van der Waals surface area contributed by atoms with Gasteiger partial charge in [0.15, 0.2) is 11.3 Å². The Bertz CT molecular complexity index is 4770. The van der Waals surface area contributed by atoms with Crippen LogP contribution in [0.5, 0.6) is 17.4 Å². The molecule has 83 heavy (non-hydrogen) atoms. The number of aromatic hydroxyl groups is 1. The van der Waals surface area contributed by atoms with Crippen molar-refractivity contribution in [2.75, 3.05) is 36.3 Å². The quantitative estimate of drug-likeness (QED) is 0.0152. The fourth-order valence-electron chi connectivity index (χ4n) is 8.04. The predicted octanol–water partition coefficient (Wildman–Crippen LogP) is 9.42. The first kappa shape index (κ1) is 61.3. The number of ether oxygens (including phenoxy) is 2. The van der Waals surface area contributed by atoms with Crippen molar-refractivity contribution in [3.63, 3.8) is 0 Å². The molecule has 0 fully saturated rings. The average molecular weight is 1280 g/mol. The molecule has 0 spiro atoms. The molecule has 0 aliphatic heterocycles. The van der Waals surface area contributed by atoms with Gasteiger partial charge in [0, 0.05) is 40.6 Å². The number of rotatable bonds is 21. The molecule has 0 radical (unpaired) electrons. The summed E-state index contributed by atoms with van der Waals surface area (Å²) in [4.78, 5) is 18.8. The van der Waals surface area contributed by atoms with E-state index < -0.39 is 88.6 Å². The lowest BCUT2D eigenvalue weighted by Crippen LogP contribution is -2.08. The van der Waals surface area contributed by atoms with Gasteiger partial charge in [-0.1, -0.05) is 17.4 Å². The second-order valence-corrected chi connectivity index (χ2v) is 27.1. The van der Waals surface area contributed by atoms with Crippen molar-refractivity contribution >= 4 is 157 Å². The van der Waals surface area contributed by atoms with Crippen LogP contribution in [0.25, 0.3) is 37.7 Å². The SMILES string of the molecule is COc1cc(N=Nc2cc(OCCCS(=O)(=O)O)c(N=Nc3c(C)c(C#N)c4nc5c(S(=O)(=O)O)cc(NC(C)=O)cc5n4c3O)cc2C)c(SCCCS(=O)(=O)O)cc1N=Nc1nc2c(S(=O)(=O)O)cc3cc(S(=O)(=O)O)ccc3c2s1. The number of carbonyl (C=O) groups is 1. The molecule has 37 heteroatoms. The van der Waals surface area contributed by atoms with E-state index in [-0.39, 0.29) is 130 Å². The van der Waals surface area contributed by atoms with Crippen molar-refractivity contribution in [3.05, 3.63) is 77.4 Å². The Morgan fingerprint density at radius 2 is 1.36 bits per heavy atom. The van der Waals surface area contributed by atoms with E-state index in [0.717, 1.165) is 58.7 Å². The number of azo groups is 3. The minimum absolute atomic E-state index is 0.000279. The maximum absolute atomic E-state index is 12.5. The molecule has 1 amide bonds. The van der Waals surface area contributed by atoms with E-state index in [0.29, 0.717) is 5.56 Å². The molecule has 0 saturated carbocycles. The number of thioether (sulfide) groups is 1. The van der Waals surface area contributed by atoms with Gasteiger partial charge >= 0.3 is 0 Å². The number of nitrogens with one attached hydrogen (secondary N) is 1. The number of fused-ring (bicyclic) bond motifs is 6. The third-order valence-electron chi connectivity index (χ3n) is 11.7. The summed E-state index contributed by atoms with van der Waals surface area (Å²) in [7, 11) is -22.2. The number of thiazole rings is 1. The van der Waals surface area contributed by atoms with Crippen LogP contribution >= 0.6 is 23.1 Å². The predicted molar refractivity (Wildman–Crippen MR) is 300 cm³/mol. The van der Waals surface area contributed by atoms with Gasteiger partial charge < -0.3 is 19.9 Å². The standard InChI is InChI=1S/C46H41N11O19S7/c1-22-13-31(52-55-40-23(2)29(21-47)44-49-41-34(57(44)45(40)59)16-26(48-24(3)58)17-39(41)83(72,73)74)36(76-9-5-11-79(60,61)62)18-30(22)51-54-33-19-35(75-4)32(20-37(33)77-10-6-12-80(63,64)65)53-56-46-50-42-38(82(69,70)71)15-25-14-27(81(66,67)68)7-8-28(25)43(42)78-46/h7-8,13-20,59H,5-6,9-12H2,1-4H3,(H,48,58)(H,60,61,62)(H,63,64,65)(H,66,67,68)(H,69,70,71)(H,72,73,74). The lowest BCUT2D eigenvalue weighted by atomic mass is 10.1. The number of anilines is 1. The number of aromatic nitrogens is 3.